The van der Waals surface area contributed by atoms with E-state index < -0.39 is 12.2 Å². The highest BCUT2D eigenvalue weighted by Gasteiger charge is 2.27. The number of benzene rings is 5. The van der Waals surface area contributed by atoms with Crippen LogP contribution in [0, 0.1) is 23.9 Å². The van der Waals surface area contributed by atoms with Gasteiger partial charge in [0.25, 0.3) is 0 Å². The molecule has 0 spiro atoms. The van der Waals surface area contributed by atoms with Crippen molar-refractivity contribution in [1.82, 2.24) is 0 Å². The molecular formula is C55H61NO7. The zero-order chi connectivity index (χ0) is 44.1. The van der Waals surface area contributed by atoms with Crippen LogP contribution in [0.5, 0.6) is 17.2 Å². The lowest BCUT2D eigenvalue weighted by Crippen LogP contribution is -2.33. The molecule has 2 aliphatic heterocycles. The van der Waals surface area contributed by atoms with Crippen molar-refractivity contribution in [3.63, 3.8) is 0 Å². The molecule has 5 unspecified atom stereocenters. The average molecular weight is 848 g/mol. The molecule has 8 heteroatoms. The van der Waals surface area contributed by atoms with Gasteiger partial charge in [-0.1, -0.05) is 86.0 Å². The van der Waals surface area contributed by atoms with Crippen LogP contribution >= 0.6 is 0 Å². The fourth-order valence-corrected chi connectivity index (χ4v) is 8.94. The Kier molecular flexibility index (Phi) is 15.5. The minimum atomic E-state index is -0.515. The summed E-state index contributed by atoms with van der Waals surface area (Å²) < 4.78 is 18.2. The highest BCUT2D eigenvalue weighted by Crippen LogP contribution is 2.35. The molecule has 5 aromatic carbocycles. The highest BCUT2D eigenvalue weighted by molar-refractivity contribution is 5.91. The number of aryl methyl sites for hydroxylation is 3. The van der Waals surface area contributed by atoms with Gasteiger partial charge in [0.2, 0.25) is 0 Å². The minimum Gasteiger partial charge on any atom is -0.508 e. The number of carbonyl (C=O) groups excluding carboxylic acids is 1. The van der Waals surface area contributed by atoms with E-state index in [1.807, 2.05) is 67.6 Å². The average Bonchev–Trinajstić information content (AvgIpc) is 3.28. The molecule has 0 saturated carbocycles. The van der Waals surface area contributed by atoms with E-state index in [1.165, 1.54) is 11.1 Å². The summed E-state index contributed by atoms with van der Waals surface area (Å²) in [5.74, 6) is 4.99. The predicted octanol–water partition coefficient (Wildman–Crippen LogP) is 10.9. The number of methoxy groups -OCH3 is 1. The third-order valence-corrected chi connectivity index (χ3v) is 12.5. The van der Waals surface area contributed by atoms with Crippen LogP contribution in [0.4, 0.5) is 5.69 Å². The first-order valence-corrected chi connectivity index (χ1v) is 22.5. The van der Waals surface area contributed by atoms with Crippen LogP contribution in [-0.4, -0.2) is 46.5 Å². The highest BCUT2D eigenvalue weighted by atomic mass is 16.5. The van der Waals surface area contributed by atoms with Gasteiger partial charge in [0.1, 0.15) is 36.1 Å². The minimum absolute atomic E-state index is 0.0455. The molecule has 2 heterocycles. The number of anilines is 1. The quantitative estimate of drug-likeness (QED) is 0.0645. The molecule has 4 N–H and O–H groups in total. The summed E-state index contributed by atoms with van der Waals surface area (Å²) in [6, 6.07) is 32.4. The van der Waals surface area contributed by atoms with E-state index in [0.29, 0.717) is 37.4 Å². The van der Waals surface area contributed by atoms with Crippen LogP contribution in [0.15, 0.2) is 121 Å². The number of nitrogens with one attached hydrogen (secondary N) is 1. The summed E-state index contributed by atoms with van der Waals surface area (Å²) in [5, 5.41) is 37.9. The number of rotatable bonds is 14. The first-order chi connectivity index (χ1) is 30.6. The molecule has 3 aliphatic rings. The van der Waals surface area contributed by atoms with E-state index in [0.717, 1.165) is 77.2 Å². The van der Waals surface area contributed by atoms with Crippen molar-refractivity contribution in [3.05, 3.63) is 154 Å². The molecule has 1 aliphatic carbocycles. The smallest absolute Gasteiger partial charge is 0.161 e. The van der Waals surface area contributed by atoms with Crippen LogP contribution in [0.25, 0.3) is 10.8 Å². The number of ketones is 1. The van der Waals surface area contributed by atoms with E-state index in [-0.39, 0.29) is 48.0 Å². The van der Waals surface area contributed by atoms with Crippen LogP contribution in [0.1, 0.15) is 85.8 Å². The fraction of sp³-hybridized carbons (Fsp3) is 0.364. The van der Waals surface area contributed by atoms with Crippen LogP contribution in [-0.2, 0) is 48.2 Å². The first kappa shape index (κ1) is 44.9. The number of aliphatic hydroxyl groups is 2. The number of phenols is 1. The number of allylic oxidation sites excluding steroid dienone is 3. The molecule has 8 nitrogen and oxygen atoms in total. The lowest BCUT2D eigenvalue weighted by molar-refractivity contribution is -0.121. The number of fused-ring (bicyclic) bond motifs is 9. The zero-order valence-corrected chi connectivity index (χ0v) is 36.8. The van der Waals surface area contributed by atoms with Gasteiger partial charge < -0.3 is 34.8 Å². The maximum absolute atomic E-state index is 13.7. The number of aliphatic hydroxyl groups excluding tert-OH is 2. The second-order valence-corrected chi connectivity index (χ2v) is 17.1. The molecule has 63 heavy (non-hydrogen) atoms. The summed E-state index contributed by atoms with van der Waals surface area (Å²) in [6.45, 7) is 4.24. The Morgan fingerprint density at radius 1 is 0.889 bits per heavy atom. The van der Waals surface area contributed by atoms with Gasteiger partial charge in [0, 0.05) is 30.5 Å². The maximum Gasteiger partial charge on any atom is 0.161 e. The largest absolute Gasteiger partial charge is 0.508 e. The Bertz CT molecular complexity index is 2460. The molecule has 6 bridgehead atoms. The molecule has 8 rings (SSSR count). The molecule has 0 radical (unpaired) electrons. The summed E-state index contributed by atoms with van der Waals surface area (Å²) in [7, 11) is 1.62. The molecule has 0 saturated heterocycles. The number of carbonyl (C=O) groups is 1. The van der Waals surface area contributed by atoms with Crippen molar-refractivity contribution in [2.24, 2.45) is 11.8 Å². The lowest BCUT2D eigenvalue weighted by atomic mass is 9.80. The van der Waals surface area contributed by atoms with Gasteiger partial charge in [-0.05, 0) is 151 Å². The second-order valence-electron chi connectivity index (χ2n) is 17.1. The maximum atomic E-state index is 13.7. The van der Waals surface area contributed by atoms with Crippen molar-refractivity contribution in [3.8, 4) is 29.3 Å². The standard InChI is InChI=1S/C55H61NO7/c1-4-42-34-53(60)50-18-11-27-62-48(35-47(59)23-19-40-21-26-54(61-3)55(31-40)63-36-41-20-25-49(50)51(42)29-41)33-44-32-46(58)24-22-43(44)16-9-8-14-38-15-10-17-45(28-38)56-52(37(2)57)30-39-12-6-5-7-13-39/h5-7,10,12-13,15,17,20-22,24-26,28-29,31-32,34,37,43-44,48,52,56-58,60H,4,8-9,14,16,18-19,23,30,33,35-36H2,1-3H3. The van der Waals surface area contributed by atoms with E-state index in [1.54, 1.807) is 13.2 Å². The lowest BCUT2D eigenvalue weighted by Gasteiger charge is -2.28. The predicted molar refractivity (Wildman–Crippen MR) is 251 cm³/mol. The summed E-state index contributed by atoms with van der Waals surface area (Å²) >= 11 is 0. The van der Waals surface area contributed by atoms with Crippen molar-refractivity contribution in [2.75, 3.05) is 12.4 Å². The summed E-state index contributed by atoms with van der Waals surface area (Å²) in [5.41, 5.74) is 7.15. The summed E-state index contributed by atoms with van der Waals surface area (Å²) in [6.07, 6.45) is 14.8. The summed E-state index contributed by atoms with van der Waals surface area (Å²) in [4.78, 5) is 13.7. The number of aromatic hydroxyl groups is 1. The van der Waals surface area contributed by atoms with Gasteiger partial charge in [-0.2, -0.15) is 0 Å². The van der Waals surface area contributed by atoms with Gasteiger partial charge in [-0.3, -0.25) is 4.79 Å². The molecule has 5 atom stereocenters. The van der Waals surface area contributed by atoms with Crippen molar-refractivity contribution in [1.29, 1.82) is 0 Å². The van der Waals surface area contributed by atoms with Crippen molar-refractivity contribution < 1.29 is 34.3 Å². The van der Waals surface area contributed by atoms with E-state index in [2.05, 4.69) is 72.8 Å². The van der Waals surface area contributed by atoms with Gasteiger partial charge in [0.15, 0.2) is 11.5 Å². The van der Waals surface area contributed by atoms with Crippen molar-refractivity contribution >= 4 is 22.2 Å². The monoisotopic (exact) mass is 847 g/mol. The van der Waals surface area contributed by atoms with Gasteiger partial charge >= 0.3 is 0 Å². The topological polar surface area (TPSA) is 117 Å². The van der Waals surface area contributed by atoms with Gasteiger partial charge in [0.05, 0.1) is 19.3 Å². The Labute approximate surface area is 372 Å². The van der Waals surface area contributed by atoms with E-state index >= 15 is 0 Å². The van der Waals surface area contributed by atoms with E-state index in [9.17, 15) is 20.1 Å². The van der Waals surface area contributed by atoms with Gasteiger partial charge in [-0.15, -0.1) is 0 Å². The molecule has 0 fully saturated rings. The van der Waals surface area contributed by atoms with E-state index in [4.69, 9.17) is 14.2 Å². The number of hydrogen-bond donors (Lipinski definition) is 4. The van der Waals surface area contributed by atoms with Gasteiger partial charge in [-0.25, -0.2) is 0 Å². The number of ether oxygens (including phenoxy) is 3. The Morgan fingerprint density at radius 3 is 2.52 bits per heavy atom. The zero-order valence-electron chi connectivity index (χ0n) is 36.8. The first-order valence-electron chi connectivity index (χ1n) is 22.5. The number of hydrogen-bond acceptors (Lipinski definition) is 8. The molecule has 5 aromatic rings. The van der Waals surface area contributed by atoms with Crippen LogP contribution in [0.2, 0.25) is 0 Å². The third kappa shape index (κ3) is 12.3. The second kappa shape index (κ2) is 21.8. The van der Waals surface area contributed by atoms with Crippen LogP contribution < -0.4 is 14.8 Å². The molecule has 328 valence electrons. The normalized spacial score (nSPS) is 18.8. The Balaban J connectivity index is 1.04. The number of phenolic OH excluding ortho intramolecular Hbond substituents is 1. The van der Waals surface area contributed by atoms with Crippen molar-refractivity contribution in [2.45, 2.75) is 109 Å². The Morgan fingerprint density at radius 2 is 1.71 bits per heavy atom. The number of Topliss-reactive ketones (excluding diaryl/α,β-unsaturated/α-hetero) is 1. The number of unbranched alkanes of at least 4 members (excludes halogenated alkanes) is 1. The molecular weight excluding hydrogens is 787 g/mol. The SMILES string of the molecule is CCc1cc(O)c2c3ccc(cc13)COc1cc(ccc1OC)CCC(=O)CC(CC1C=C(O)C=CC1CCCCc1cccc(NC(Cc3ccccc3)C(C)O)c1)OC#CC2. The molecule has 0 amide bonds. The third-order valence-electron chi connectivity index (χ3n) is 12.5. The Hall–Kier alpha value is -6.17. The molecule has 0 aromatic heterocycles. The fourth-order valence-electron chi connectivity index (χ4n) is 8.94. The van der Waals surface area contributed by atoms with Crippen LogP contribution in [0.3, 0.4) is 0 Å².